The van der Waals surface area contributed by atoms with Crippen LogP contribution in [0, 0.1) is 0 Å². The number of carbonyl (C=O) groups is 1. The number of primary amides is 1. The van der Waals surface area contributed by atoms with Gasteiger partial charge in [-0.1, -0.05) is 18.2 Å². The predicted molar refractivity (Wildman–Crippen MR) is 57.2 cm³/mol. The maximum Gasteiger partial charge on any atom is 0.246 e. The zero-order valence-electron chi connectivity index (χ0n) is 8.10. The van der Waals surface area contributed by atoms with Crippen LogP contribution in [0.3, 0.4) is 0 Å². The second-order valence-electron chi connectivity index (χ2n) is 3.48. The van der Waals surface area contributed by atoms with Gasteiger partial charge in [0.1, 0.15) is 6.10 Å². The van der Waals surface area contributed by atoms with Gasteiger partial charge in [-0.15, -0.1) is 0 Å². The molecule has 0 bridgehead atoms. The Hall–Kier alpha value is -1.81. The van der Waals surface area contributed by atoms with Crippen LogP contribution in [0.15, 0.2) is 30.5 Å². The van der Waals surface area contributed by atoms with Crippen LogP contribution >= 0.6 is 0 Å². The summed E-state index contributed by atoms with van der Waals surface area (Å²) in [5, 5.41) is 10.4. The molecule has 0 fully saturated rings. The van der Waals surface area contributed by atoms with Crippen molar-refractivity contribution in [3.05, 3.63) is 36.0 Å². The van der Waals surface area contributed by atoms with Crippen molar-refractivity contribution >= 4 is 16.8 Å². The molecule has 2 rings (SSSR count). The number of rotatable bonds is 3. The van der Waals surface area contributed by atoms with Crippen molar-refractivity contribution in [2.75, 3.05) is 0 Å². The lowest BCUT2D eigenvalue weighted by Gasteiger charge is -2.04. The first-order chi connectivity index (χ1) is 7.18. The van der Waals surface area contributed by atoms with Gasteiger partial charge in [0.15, 0.2) is 0 Å². The highest BCUT2D eigenvalue weighted by Crippen LogP contribution is 2.18. The number of para-hydroxylation sites is 1. The Kier molecular flexibility index (Phi) is 2.43. The van der Waals surface area contributed by atoms with Crippen LogP contribution in [0.2, 0.25) is 0 Å². The van der Waals surface area contributed by atoms with Crippen LogP contribution in [0.5, 0.6) is 0 Å². The lowest BCUT2D eigenvalue weighted by atomic mass is 10.1. The number of aromatic amines is 1. The fraction of sp³-hybridized carbons (Fsp3) is 0.182. The molecule has 0 spiro atoms. The molecule has 1 aromatic carbocycles. The third-order valence-corrected chi connectivity index (χ3v) is 2.42. The molecule has 0 saturated heterocycles. The number of aliphatic hydroxyl groups excluding tert-OH is 1. The zero-order valence-corrected chi connectivity index (χ0v) is 8.10. The van der Waals surface area contributed by atoms with Crippen molar-refractivity contribution in [3.63, 3.8) is 0 Å². The van der Waals surface area contributed by atoms with E-state index >= 15 is 0 Å². The molecule has 0 radical (unpaired) electrons. The van der Waals surface area contributed by atoms with Crippen molar-refractivity contribution in [2.24, 2.45) is 5.73 Å². The topological polar surface area (TPSA) is 79.1 Å². The molecule has 0 aliphatic rings. The second-order valence-corrected chi connectivity index (χ2v) is 3.48. The number of nitrogens with two attached hydrogens (primary N) is 1. The van der Waals surface area contributed by atoms with Crippen molar-refractivity contribution in [3.8, 4) is 0 Å². The summed E-state index contributed by atoms with van der Waals surface area (Å²) in [4.78, 5) is 13.8. The maximum absolute atomic E-state index is 10.7. The van der Waals surface area contributed by atoms with Crippen LogP contribution in [0.25, 0.3) is 10.9 Å². The molecule has 4 heteroatoms. The average molecular weight is 204 g/mol. The van der Waals surface area contributed by atoms with Crippen LogP contribution < -0.4 is 5.73 Å². The van der Waals surface area contributed by atoms with Gasteiger partial charge in [0.2, 0.25) is 5.91 Å². The number of amides is 1. The molecule has 4 nitrogen and oxygen atoms in total. The van der Waals surface area contributed by atoms with E-state index in [1.54, 1.807) is 6.20 Å². The zero-order chi connectivity index (χ0) is 10.8. The summed E-state index contributed by atoms with van der Waals surface area (Å²) >= 11 is 0. The van der Waals surface area contributed by atoms with E-state index in [2.05, 4.69) is 4.98 Å². The Morgan fingerprint density at radius 3 is 2.93 bits per heavy atom. The largest absolute Gasteiger partial charge is 0.383 e. The first-order valence-corrected chi connectivity index (χ1v) is 4.71. The summed E-state index contributed by atoms with van der Waals surface area (Å²) in [5.74, 6) is -0.694. The van der Waals surface area contributed by atoms with Crippen LogP contribution in [-0.4, -0.2) is 22.1 Å². The maximum atomic E-state index is 10.7. The Morgan fingerprint density at radius 2 is 2.20 bits per heavy atom. The Balaban J connectivity index is 2.32. The van der Waals surface area contributed by atoms with Gasteiger partial charge in [-0.25, -0.2) is 0 Å². The fourth-order valence-corrected chi connectivity index (χ4v) is 1.61. The van der Waals surface area contributed by atoms with Gasteiger partial charge in [-0.3, -0.25) is 4.79 Å². The molecule has 0 aliphatic carbocycles. The number of fused-ring (bicyclic) bond motifs is 1. The monoisotopic (exact) mass is 204 g/mol. The number of aliphatic hydroxyl groups is 1. The number of benzene rings is 1. The van der Waals surface area contributed by atoms with E-state index in [-0.39, 0.29) is 6.42 Å². The highest BCUT2D eigenvalue weighted by molar-refractivity contribution is 5.85. The lowest BCUT2D eigenvalue weighted by Crippen LogP contribution is -2.29. The van der Waals surface area contributed by atoms with Crippen LogP contribution in [0.4, 0.5) is 0 Å². The summed E-state index contributed by atoms with van der Waals surface area (Å²) < 4.78 is 0. The van der Waals surface area contributed by atoms with Crippen LogP contribution in [0.1, 0.15) is 5.56 Å². The number of H-pyrrole nitrogens is 1. The molecule has 0 aliphatic heterocycles. The molecular formula is C11H12N2O2. The third kappa shape index (κ3) is 1.85. The fourth-order valence-electron chi connectivity index (χ4n) is 1.61. The van der Waals surface area contributed by atoms with Crippen molar-refractivity contribution in [2.45, 2.75) is 12.5 Å². The summed E-state index contributed by atoms with van der Waals surface area (Å²) in [5.41, 5.74) is 6.89. The van der Waals surface area contributed by atoms with E-state index in [4.69, 9.17) is 5.73 Å². The molecule has 78 valence electrons. The summed E-state index contributed by atoms with van der Waals surface area (Å²) in [6.45, 7) is 0. The summed E-state index contributed by atoms with van der Waals surface area (Å²) in [7, 11) is 0. The van der Waals surface area contributed by atoms with Crippen molar-refractivity contribution in [1.82, 2.24) is 4.98 Å². The summed E-state index contributed by atoms with van der Waals surface area (Å²) in [6.07, 6.45) is 0.917. The highest BCUT2D eigenvalue weighted by atomic mass is 16.3. The van der Waals surface area contributed by atoms with E-state index in [1.165, 1.54) is 0 Å². The molecular weight excluding hydrogens is 192 g/mol. The van der Waals surface area contributed by atoms with Gasteiger partial charge in [0.05, 0.1) is 0 Å². The van der Waals surface area contributed by atoms with E-state index in [0.29, 0.717) is 0 Å². The number of nitrogens with one attached hydrogen (secondary N) is 1. The van der Waals surface area contributed by atoms with Gasteiger partial charge in [-0.2, -0.15) is 0 Å². The van der Waals surface area contributed by atoms with E-state index in [1.807, 2.05) is 24.3 Å². The highest BCUT2D eigenvalue weighted by Gasteiger charge is 2.13. The number of aromatic nitrogens is 1. The molecule has 2 aromatic rings. The van der Waals surface area contributed by atoms with Gasteiger partial charge < -0.3 is 15.8 Å². The summed E-state index contributed by atoms with van der Waals surface area (Å²) in [6, 6.07) is 7.72. The molecule has 0 saturated carbocycles. The van der Waals surface area contributed by atoms with Crippen molar-refractivity contribution < 1.29 is 9.90 Å². The van der Waals surface area contributed by atoms with E-state index in [9.17, 15) is 9.90 Å². The molecule has 4 N–H and O–H groups in total. The molecule has 15 heavy (non-hydrogen) atoms. The van der Waals surface area contributed by atoms with Gasteiger partial charge in [0.25, 0.3) is 0 Å². The first-order valence-electron chi connectivity index (χ1n) is 4.71. The third-order valence-electron chi connectivity index (χ3n) is 2.42. The number of hydrogen-bond acceptors (Lipinski definition) is 2. The number of hydrogen-bond donors (Lipinski definition) is 3. The smallest absolute Gasteiger partial charge is 0.246 e. The molecule has 1 atom stereocenters. The first kappa shape index (κ1) is 9.73. The number of carbonyl (C=O) groups excluding carboxylic acids is 1. The van der Waals surface area contributed by atoms with E-state index < -0.39 is 12.0 Å². The minimum absolute atomic E-state index is 0.249. The molecule has 1 heterocycles. The minimum Gasteiger partial charge on any atom is -0.383 e. The predicted octanol–water partition coefficient (Wildman–Crippen LogP) is 0.557. The SMILES string of the molecule is NC(=O)C(O)Cc1c[nH]c2ccccc12. The quantitative estimate of drug-likeness (QED) is 0.682. The van der Waals surface area contributed by atoms with Gasteiger partial charge in [0, 0.05) is 23.5 Å². The van der Waals surface area contributed by atoms with Gasteiger partial charge >= 0.3 is 0 Å². The van der Waals surface area contributed by atoms with Crippen molar-refractivity contribution in [1.29, 1.82) is 0 Å². The minimum atomic E-state index is -1.12. The van der Waals surface area contributed by atoms with E-state index in [0.717, 1.165) is 16.5 Å². The Bertz CT molecular complexity index is 490. The lowest BCUT2D eigenvalue weighted by molar-refractivity contribution is -0.125. The Morgan fingerprint density at radius 1 is 1.47 bits per heavy atom. The standard InChI is InChI=1S/C11H12N2O2/c12-11(15)10(14)5-7-6-13-9-4-2-1-3-8(7)9/h1-4,6,10,13-14H,5H2,(H2,12,15). The second kappa shape index (κ2) is 3.74. The Labute approximate surface area is 86.7 Å². The average Bonchev–Trinajstić information content (AvgIpc) is 2.62. The van der Waals surface area contributed by atoms with Gasteiger partial charge in [-0.05, 0) is 11.6 Å². The molecule has 1 unspecified atom stereocenters. The van der Waals surface area contributed by atoms with Crippen LogP contribution in [-0.2, 0) is 11.2 Å². The molecule has 1 aromatic heterocycles. The normalized spacial score (nSPS) is 12.9. The molecule has 1 amide bonds.